The Morgan fingerprint density at radius 1 is 1.55 bits per heavy atom. The minimum absolute atomic E-state index is 0.0589. The second kappa shape index (κ2) is 7.05. The van der Waals surface area contributed by atoms with Crippen LogP contribution in [-0.2, 0) is 4.79 Å². The van der Waals surface area contributed by atoms with Gasteiger partial charge in [-0.15, -0.1) is 0 Å². The Hall–Kier alpha value is -1.88. The zero-order chi connectivity index (χ0) is 15.3. The van der Waals surface area contributed by atoms with E-state index in [1.165, 1.54) is 35.4 Å². The molecule has 0 radical (unpaired) electrons. The molecule has 1 rings (SSSR count). The summed E-state index contributed by atoms with van der Waals surface area (Å²) in [5.74, 6) is -1.75. The van der Waals surface area contributed by atoms with E-state index in [9.17, 15) is 14.3 Å². The summed E-state index contributed by atoms with van der Waals surface area (Å²) in [6.45, 7) is 8.91. The van der Waals surface area contributed by atoms with E-state index in [-0.39, 0.29) is 5.56 Å². The first kappa shape index (κ1) is 16.2. The van der Waals surface area contributed by atoms with Crippen molar-refractivity contribution in [2.24, 2.45) is 0 Å². The van der Waals surface area contributed by atoms with Gasteiger partial charge in [0.15, 0.2) is 6.04 Å². The van der Waals surface area contributed by atoms with Gasteiger partial charge in [-0.05, 0) is 31.2 Å². The lowest BCUT2D eigenvalue weighted by atomic mass is 10.0. The zero-order valence-corrected chi connectivity index (χ0v) is 12.6. The van der Waals surface area contributed by atoms with Crippen molar-refractivity contribution in [1.82, 2.24) is 4.90 Å². The molecule has 5 heteroatoms. The molecule has 1 unspecified atom stereocenters. The number of carboxylic acids is 1. The average molecular weight is 340 g/mol. The van der Waals surface area contributed by atoms with Crippen LogP contribution in [0.4, 0.5) is 4.39 Å². The van der Waals surface area contributed by atoms with Gasteiger partial charge in [0, 0.05) is 21.9 Å². The largest absolute Gasteiger partial charge is 0.479 e. The average Bonchev–Trinajstić information content (AvgIpc) is 2.37. The van der Waals surface area contributed by atoms with Crippen LogP contribution in [0.5, 0.6) is 0 Å². The van der Waals surface area contributed by atoms with E-state index in [1.54, 1.807) is 13.0 Å². The van der Waals surface area contributed by atoms with Crippen LogP contribution in [0.2, 0.25) is 0 Å². The van der Waals surface area contributed by atoms with Crippen molar-refractivity contribution in [1.29, 1.82) is 0 Å². The lowest BCUT2D eigenvalue weighted by molar-refractivity contribution is -0.142. The van der Waals surface area contributed by atoms with Crippen LogP contribution in [-0.4, -0.2) is 16.0 Å². The van der Waals surface area contributed by atoms with E-state index >= 15 is 0 Å². The molecule has 106 valence electrons. The van der Waals surface area contributed by atoms with Gasteiger partial charge in [0.25, 0.3) is 0 Å². The zero-order valence-electron chi connectivity index (χ0n) is 11.0. The standard InChI is InChI=1S/C15H15BrFNO2/c1-4-5-8-18(10(2)3)14(15(19)20)12-9-11(16)6-7-13(12)17/h4-9,14H,1-2H2,3H3,(H,19,20)/b8-5-. The number of nitrogens with zero attached hydrogens (tertiary/aromatic N) is 1. The number of aliphatic carboxylic acids is 1. The normalized spacial score (nSPS) is 12.2. The van der Waals surface area contributed by atoms with Gasteiger partial charge in [-0.2, -0.15) is 0 Å². The van der Waals surface area contributed by atoms with Crippen molar-refractivity contribution in [2.75, 3.05) is 0 Å². The van der Waals surface area contributed by atoms with Crippen LogP contribution >= 0.6 is 15.9 Å². The Kier molecular flexibility index (Phi) is 5.70. The van der Waals surface area contributed by atoms with Gasteiger partial charge in [0.1, 0.15) is 5.82 Å². The smallest absolute Gasteiger partial charge is 0.331 e. The maximum absolute atomic E-state index is 13.9. The van der Waals surface area contributed by atoms with Crippen LogP contribution in [0.1, 0.15) is 18.5 Å². The van der Waals surface area contributed by atoms with Gasteiger partial charge in [-0.1, -0.05) is 35.2 Å². The number of carbonyl (C=O) groups is 1. The van der Waals surface area contributed by atoms with Crippen molar-refractivity contribution >= 4 is 21.9 Å². The first-order valence-electron chi connectivity index (χ1n) is 5.79. The molecular weight excluding hydrogens is 325 g/mol. The van der Waals surface area contributed by atoms with Crippen molar-refractivity contribution in [3.05, 3.63) is 71.3 Å². The van der Waals surface area contributed by atoms with Crippen molar-refractivity contribution < 1.29 is 14.3 Å². The first-order chi connectivity index (χ1) is 9.38. The molecule has 0 spiro atoms. The number of rotatable bonds is 6. The molecule has 1 N–H and O–H groups in total. The number of halogens is 2. The second-order valence-corrected chi connectivity index (χ2v) is 5.04. The third-order valence-corrected chi connectivity index (χ3v) is 3.08. The Balaban J connectivity index is 3.38. The Bertz CT molecular complexity index is 569. The molecule has 0 aliphatic carbocycles. The number of hydrogen-bond donors (Lipinski definition) is 1. The van der Waals surface area contributed by atoms with Gasteiger partial charge in [0.2, 0.25) is 0 Å². The summed E-state index contributed by atoms with van der Waals surface area (Å²) >= 11 is 3.22. The predicted molar refractivity (Wildman–Crippen MR) is 80.5 cm³/mol. The molecule has 0 aliphatic heterocycles. The molecule has 0 saturated carbocycles. The lowest BCUT2D eigenvalue weighted by Crippen LogP contribution is -2.29. The molecule has 3 nitrogen and oxygen atoms in total. The van der Waals surface area contributed by atoms with Gasteiger partial charge >= 0.3 is 5.97 Å². The maximum Gasteiger partial charge on any atom is 0.331 e. The fourth-order valence-corrected chi connectivity index (χ4v) is 2.09. The van der Waals surface area contributed by atoms with Gasteiger partial charge in [-0.25, -0.2) is 9.18 Å². The summed E-state index contributed by atoms with van der Waals surface area (Å²) in [7, 11) is 0. The van der Waals surface area contributed by atoms with Gasteiger partial charge < -0.3 is 10.0 Å². The molecule has 1 atom stereocenters. The van der Waals surface area contributed by atoms with E-state index in [2.05, 4.69) is 29.1 Å². The Morgan fingerprint density at radius 3 is 2.70 bits per heavy atom. The molecule has 1 aromatic carbocycles. The number of allylic oxidation sites excluding steroid dienone is 3. The SMILES string of the molecule is C=C/C=C\N(C(=C)C)C(C(=O)O)c1cc(Br)ccc1F. The summed E-state index contributed by atoms with van der Waals surface area (Å²) in [6, 6.07) is 3.00. The van der Waals surface area contributed by atoms with Crippen LogP contribution in [0.3, 0.4) is 0 Å². The van der Waals surface area contributed by atoms with Crippen molar-refractivity contribution in [3.8, 4) is 0 Å². The van der Waals surface area contributed by atoms with Crippen molar-refractivity contribution in [3.63, 3.8) is 0 Å². The van der Waals surface area contributed by atoms with Crippen LogP contribution in [0.15, 0.2) is 59.9 Å². The van der Waals surface area contributed by atoms with E-state index in [0.717, 1.165) is 0 Å². The van der Waals surface area contributed by atoms with Crippen LogP contribution < -0.4 is 0 Å². The van der Waals surface area contributed by atoms with Gasteiger partial charge in [0.05, 0.1) is 0 Å². The van der Waals surface area contributed by atoms with Crippen LogP contribution in [0, 0.1) is 5.82 Å². The molecule has 0 fully saturated rings. The number of hydrogen-bond acceptors (Lipinski definition) is 2. The molecule has 1 aromatic rings. The third kappa shape index (κ3) is 3.81. The highest BCUT2D eigenvalue weighted by molar-refractivity contribution is 9.10. The molecule has 0 saturated heterocycles. The number of carboxylic acid groups (broad SMARTS) is 1. The molecule has 0 aliphatic rings. The summed E-state index contributed by atoms with van der Waals surface area (Å²) in [5.41, 5.74) is 0.540. The van der Waals surface area contributed by atoms with E-state index in [4.69, 9.17) is 0 Å². The number of benzene rings is 1. The monoisotopic (exact) mass is 339 g/mol. The minimum Gasteiger partial charge on any atom is -0.479 e. The summed E-state index contributed by atoms with van der Waals surface area (Å²) in [4.78, 5) is 12.9. The molecule has 0 aromatic heterocycles. The third-order valence-electron chi connectivity index (χ3n) is 2.59. The quantitative estimate of drug-likeness (QED) is 0.787. The van der Waals surface area contributed by atoms with E-state index < -0.39 is 17.8 Å². The van der Waals surface area contributed by atoms with E-state index in [1.807, 2.05) is 0 Å². The Labute approximate surface area is 125 Å². The predicted octanol–water partition coefficient (Wildman–Crippen LogP) is 4.25. The van der Waals surface area contributed by atoms with Gasteiger partial charge in [-0.3, -0.25) is 0 Å². The topological polar surface area (TPSA) is 40.5 Å². The fraction of sp³-hybridized carbons (Fsp3) is 0.133. The summed E-state index contributed by atoms with van der Waals surface area (Å²) in [6.07, 6.45) is 4.58. The molecule has 20 heavy (non-hydrogen) atoms. The maximum atomic E-state index is 13.9. The highest BCUT2D eigenvalue weighted by atomic mass is 79.9. The highest BCUT2D eigenvalue weighted by Gasteiger charge is 2.28. The lowest BCUT2D eigenvalue weighted by Gasteiger charge is -2.28. The highest BCUT2D eigenvalue weighted by Crippen LogP contribution is 2.29. The first-order valence-corrected chi connectivity index (χ1v) is 6.58. The van der Waals surface area contributed by atoms with E-state index in [0.29, 0.717) is 10.2 Å². The van der Waals surface area contributed by atoms with Crippen LogP contribution in [0.25, 0.3) is 0 Å². The molecule has 0 amide bonds. The molecule has 0 heterocycles. The summed E-state index contributed by atoms with van der Waals surface area (Å²) < 4.78 is 14.5. The fourth-order valence-electron chi connectivity index (χ4n) is 1.71. The van der Waals surface area contributed by atoms with Crippen molar-refractivity contribution in [2.45, 2.75) is 13.0 Å². The minimum atomic E-state index is -1.19. The Morgan fingerprint density at radius 2 is 2.20 bits per heavy atom. The molecular formula is C15H15BrFNO2. The summed E-state index contributed by atoms with van der Waals surface area (Å²) in [5, 5.41) is 9.44. The molecule has 0 bridgehead atoms. The second-order valence-electron chi connectivity index (χ2n) is 4.13.